The summed E-state index contributed by atoms with van der Waals surface area (Å²) in [6.07, 6.45) is 1.73. The Morgan fingerprint density at radius 2 is 1.13 bits per heavy atom. The van der Waals surface area contributed by atoms with Crippen LogP contribution in [0.1, 0.15) is 130 Å². The van der Waals surface area contributed by atoms with Crippen molar-refractivity contribution in [2.75, 3.05) is 0 Å². The van der Waals surface area contributed by atoms with Gasteiger partial charge in [-0.15, -0.1) is 0 Å². The molecule has 0 aliphatic heterocycles. The van der Waals surface area contributed by atoms with Crippen LogP contribution in [-0.2, 0) is 21.7 Å². The fourth-order valence-electron chi connectivity index (χ4n) is 7.89. The maximum atomic E-state index is 12.9. The van der Waals surface area contributed by atoms with E-state index >= 15 is 0 Å². The standard InChI is InChI=1S/C58H61N3O/c1-55(2,3)42-27-25-37(26-28-42)39-29-30-59-49(34-39)41-31-40(32-43(33-41)56(4,5)6)46-22-18-24-51-52(46)60-54(47-35-44(57(7,8)9)36-48(53(47)62)58(10,11)12)61(51)50-23-17-16-21-45(50)38-19-14-13-15-20-38/h13-36,62H,1-12H3/i7D3,8D3,9D3,10D3,11D3,12D3. The highest BCUT2D eigenvalue weighted by molar-refractivity contribution is 5.98. The van der Waals surface area contributed by atoms with E-state index < -0.39 is 85.6 Å². The van der Waals surface area contributed by atoms with Gasteiger partial charge in [0.15, 0.2) is 0 Å². The average molecular weight is 834 g/mol. The second-order valence-corrected chi connectivity index (χ2v) is 18.1. The van der Waals surface area contributed by atoms with Crippen molar-refractivity contribution < 1.29 is 29.8 Å². The van der Waals surface area contributed by atoms with Crippen LogP contribution < -0.4 is 0 Å². The first-order valence-corrected chi connectivity index (χ1v) is 20.5. The van der Waals surface area contributed by atoms with Crippen LogP contribution in [-0.4, -0.2) is 19.6 Å². The number of rotatable bonds is 6. The second kappa shape index (κ2) is 15.6. The zero-order chi connectivity index (χ0) is 59.4. The van der Waals surface area contributed by atoms with Gasteiger partial charge in [-0.1, -0.05) is 180 Å². The first kappa shape index (κ1) is 25.6. The molecule has 4 nitrogen and oxygen atoms in total. The minimum Gasteiger partial charge on any atom is -0.507 e. The summed E-state index contributed by atoms with van der Waals surface area (Å²) in [6.45, 7) is -11.9. The number of hydrogen-bond donors (Lipinski definition) is 1. The van der Waals surface area contributed by atoms with Gasteiger partial charge >= 0.3 is 0 Å². The molecule has 0 saturated heterocycles. The number of imidazole rings is 1. The lowest BCUT2D eigenvalue weighted by molar-refractivity contribution is 0.446. The van der Waals surface area contributed by atoms with E-state index in [0.29, 0.717) is 39.7 Å². The van der Waals surface area contributed by atoms with Gasteiger partial charge in [-0.2, -0.15) is 0 Å². The number of para-hydroxylation sites is 2. The maximum absolute atomic E-state index is 12.9. The highest BCUT2D eigenvalue weighted by Gasteiger charge is 2.29. The Hall–Kier alpha value is -6.26. The van der Waals surface area contributed by atoms with Gasteiger partial charge < -0.3 is 5.11 Å². The van der Waals surface area contributed by atoms with E-state index in [1.165, 1.54) is 10.1 Å². The molecule has 0 aliphatic carbocycles. The number of aromatic hydroxyl groups is 1. The first-order chi connectivity index (χ1) is 36.7. The van der Waals surface area contributed by atoms with E-state index in [1.54, 1.807) is 66.9 Å². The number of nitrogens with zero attached hydrogens (tertiary/aromatic N) is 3. The minimum absolute atomic E-state index is 0.0558. The molecule has 2 heterocycles. The Labute approximate surface area is 394 Å². The molecule has 1 N–H and O–H groups in total. The summed E-state index contributed by atoms with van der Waals surface area (Å²) in [4.78, 5) is 10.00. The molecular formula is C58H61N3O. The van der Waals surface area contributed by atoms with E-state index in [0.717, 1.165) is 28.3 Å². The van der Waals surface area contributed by atoms with Crippen molar-refractivity contribution in [2.45, 2.75) is 104 Å². The van der Waals surface area contributed by atoms with Crippen molar-refractivity contribution in [1.82, 2.24) is 14.5 Å². The lowest BCUT2D eigenvalue weighted by Crippen LogP contribution is -2.17. The molecule has 0 radical (unpaired) electrons. The number of hydrogen-bond acceptors (Lipinski definition) is 3. The van der Waals surface area contributed by atoms with Crippen LogP contribution in [0.2, 0.25) is 0 Å². The van der Waals surface area contributed by atoms with Gasteiger partial charge in [0.1, 0.15) is 11.6 Å². The Morgan fingerprint density at radius 1 is 0.484 bits per heavy atom. The SMILES string of the molecule is [2H]C([2H])([2H])C(c1cc(-c2nc3c(-c4cc(-c5cc(-c6ccc(C(C)(C)C)cc6)ccn5)cc(C(C)(C)C)c4)cccc3n2-c2ccccc2-c2ccccc2)c(O)c(C(C([2H])([2H])[2H])(C([2H])([2H])[2H])C([2H])([2H])[2H])c1)(C([2H])([2H])[2H])C([2H])([2H])[2H]. The quantitative estimate of drug-likeness (QED) is 0.182. The summed E-state index contributed by atoms with van der Waals surface area (Å²) >= 11 is 0. The third kappa shape index (κ3) is 8.23. The summed E-state index contributed by atoms with van der Waals surface area (Å²) < 4.78 is 159. The summed E-state index contributed by atoms with van der Waals surface area (Å²) in [7, 11) is 0. The Kier molecular flexibility index (Phi) is 6.44. The van der Waals surface area contributed by atoms with E-state index in [9.17, 15) is 5.11 Å². The maximum Gasteiger partial charge on any atom is 0.149 e. The molecule has 8 aromatic rings. The third-order valence-electron chi connectivity index (χ3n) is 11.4. The Balaban J connectivity index is 1.56. The second-order valence-electron chi connectivity index (χ2n) is 18.1. The molecule has 0 unspecified atom stereocenters. The molecule has 0 atom stereocenters. The monoisotopic (exact) mass is 834 g/mol. The highest BCUT2D eigenvalue weighted by Crippen LogP contribution is 2.46. The predicted molar refractivity (Wildman–Crippen MR) is 263 cm³/mol. The van der Waals surface area contributed by atoms with Crippen LogP contribution in [0, 0.1) is 0 Å². The van der Waals surface area contributed by atoms with Crippen molar-refractivity contribution >= 4 is 11.0 Å². The molecule has 6 aromatic carbocycles. The zero-order valence-electron chi connectivity index (χ0n) is 53.6. The fourth-order valence-corrected chi connectivity index (χ4v) is 7.89. The molecule has 0 saturated carbocycles. The Bertz CT molecular complexity index is 3540. The average Bonchev–Trinajstić information content (AvgIpc) is 3.89. The lowest BCUT2D eigenvalue weighted by atomic mass is 9.79. The van der Waals surface area contributed by atoms with Crippen molar-refractivity contribution in [3.8, 4) is 67.5 Å². The topological polar surface area (TPSA) is 50.9 Å². The fraction of sp³-hybridized carbons (Fsp3) is 0.276. The minimum atomic E-state index is -4.12. The van der Waals surface area contributed by atoms with Gasteiger partial charge in [0, 0.05) is 53.1 Å². The summed E-state index contributed by atoms with van der Waals surface area (Å²) in [5.41, 5.74) is -3.67. The van der Waals surface area contributed by atoms with Crippen LogP contribution in [0.3, 0.4) is 0 Å². The molecule has 2 aromatic heterocycles. The largest absolute Gasteiger partial charge is 0.507 e. The molecule has 0 bridgehead atoms. The zero-order valence-corrected chi connectivity index (χ0v) is 35.6. The molecule has 0 fully saturated rings. The summed E-state index contributed by atoms with van der Waals surface area (Å²) in [5.74, 6) is -1.75. The highest BCUT2D eigenvalue weighted by atomic mass is 16.3. The summed E-state index contributed by atoms with van der Waals surface area (Å²) in [6, 6.07) is 40.4. The van der Waals surface area contributed by atoms with Gasteiger partial charge in [0.05, 0.1) is 28.0 Å². The van der Waals surface area contributed by atoms with Gasteiger partial charge in [-0.3, -0.25) is 9.55 Å². The van der Waals surface area contributed by atoms with Crippen LogP contribution in [0.15, 0.2) is 146 Å². The first-order valence-electron chi connectivity index (χ1n) is 29.5. The van der Waals surface area contributed by atoms with Crippen molar-refractivity contribution in [2.24, 2.45) is 0 Å². The number of phenols is 1. The molecular weight excluding hydrogens is 755 g/mol. The van der Waals surface area contributed by atoms with Gasteiger partial charge in [-0.25, -0.2) is 4.98 Å². The van der Waals surface area contributed by atoms with Crippen LogP contribution >= 0.6 is 0 Å². The van der Waals surface area contributed by atoms with Crippen LogP contribution in [0.4, 0.5) is 0 Å². The van der Waals surface area contributed by atoms with E-state index in [2.05, 4.69) is 45.0 Å². The smallest absolute Gasteiger partial charge is 0.149 e. The molecule has 0 spiro atoms. The number of fused-ring (bicyclic) bond motifs is 1. The normalized spacial score (nSPS) is 18.1. The molecule has 0 amide bonds. The van der Waals surface area contributed by atoms with E-state index in [4.69, 9.17) is 34.6 Å². The predicted octanol–water partition coefficient (Wildman–Crippen LogP) is 15.7. The number of aromatic nitrogens is 3. The molecule has 0 aliphatic rings. The molecule has 8 rings (SSSR count). The Morgan fingerprint density at radius 3 is 1.82 bits per heavy atom. The van der Waals surface area contributed by atoms with Crippen LogP contribution in [0.25, 0.3) is 72.7 Å². The number of phenolic OH excluding ortho intramolecular Hbond substituents is 1. The molecule has 62 heavy (non-hydrogen) atoms. The van der Waals surface area contributed by atoms with Gasteiger partial charge in [-0.05, 0) is 103 Å². The van der Waals surface area contributed by atoms with E-state index in [1.807, 2.05) is 63.2 Å². The number of pyridine rings is 1. The third-order valence-corrected chi connectivity index (χ3v) is 11.4. The summed E-state index contributed by atoms with van der Waals surface area (Å²) in [5, 5.41) is 12.9. The van der Waals surface area contributed by atoms with Gasteiger partial charge in [0.2, 0.25) is 0 Å². The van der Waals surface area contributed by atoms with Crippen molar-refractivity contribution in [3.05, 3.63) is 168 Å². The van der Waals surface area contributed by atoms with Gasteiger partial charge in [0.25, 0.3) is 0 Å². The number of benzene rings is 6. The molecule has 314 valence electrons. The van der Waals surface area contributed by atoms with Crippen LogP contribution in [0.5, 0.6) is 5.75 Å². The molecule has 4 heteroatoms. The van der Waals surface area contributed by atoms with Crippen molar-refractivity contribution in [3.63, 3.8) is 0 Å². The van der Waals surface area contributed by atoms with E-state index in [-0.39, 0.29) is 16.4 Å². The van der Waals surface area contributed by atoms with Crippen molar-refractivity contribution in [1.29, 1.82) is 0 Å². The lowest BCUT2D eigenvalue weighted by Gasteiger charge is -2.27.